The smallest absolute Gasteiger partial charge is 0.144 e. The van der Waals surface area contributed by atoms with E-state index in [0.29, 0.717) is 5.57 Å². The fourth-order valence-electron chi connectivity index (χ4n) is 0.921. The zero-order valence-electron chi connectivity index (χ0n) is 6.56. The molecule has 2 nitrogen and oxygen atoms in total. The molecule has 64 valence electrons. The fraction of sp³-hybridized carbons (Fsp3) is 0.111. The predicted octanol–water partition coefficient (Wildman–Crippen LogP) is 1.31. The molecule has 1 aromatic rings. The van der Waals surface area contributed by atoms with Crippen LogP contribution in [0.3, 0.4) is 0 Å². The summed E-state index contributed by atoms with van der Waals surface area (Å²) in [5, 5.41) is 0. The van der Waals surface area contributed by atoms with Crippen LogP contribution in [0.2, 0.25) is 0 Å². The summed E-state index contributed by atoms with van der Waals surface area (Å²) in [6.45, 7) is 3.68. The molecule has 0 saturated heterocycles. The Hall–Kier alpha value is -1.09. The van der Waals surface area contributed by atoms with Gasteiger partial charge in [0.05, 0.1) is 5.75 Å². The van der Waals surface area contributed by atoms with E-state index in [1.807, 2.05) is 30.3 Å². The molecule has 0 aliphatic heterocycles. The van der Waals surface area contributed by atoms with Crippen LogP contribution in [0, 0.1) is 0 Å². The largest absolute Gasteiger partial charge is 0.232 e. The normalized spacial score (nSPS) is 10.1. The first kappa shape index (κ1) is 9.00. The topological polar surface area (TPSA) is 34.1 Å². The summed E-state index contributed by atoms with van der Waals surface area (Å²) in [5.74, 6) is 0.0410. The zero-order valence-corrected chi connectivity index (χ0v) is 7.46. The predicted molar refractivity (Wildman–Crippen MR) is 50.7 cm³/mol. The third-order valence-electron chi connectivity index (χ3n) is 1.50. The molecule has 3 heteroatoms. The lowest BCUT2D eigenvalue weighted by Crippen LogP contribution is -1.90. The molecule has 0 atom stereocenters. The second-order valence-corrected chi connectivity index (χ2v) is 3.44. The molecule has 0 amide bonds. The maximum Gasteiger partial charge on any atom is 0.144 e. The molecule has 0 fully saturated rings. The van der Waals surface area contributed by atoms with Crippen molar-refractivity contribution in [2.75, 3.05) is 5.75 Å². The molecular weight excluding hydrogens is 172 g/mol. The van der Waals surface area contributed by atoms with Crippen LogP contribution in [0.1, 0.15) is 5.56 Å². The minimum atomic E-state index is -2.36. The maximum atomic E-state index is 10.4. The third-order valence-corrected chi connectivity index (χ3v) is 2.14. The van der Waals surface area contributed by atoms with Crippen LogP contribution in [0.25, 0.3) is 5.57 Å². The van der Waals surface area contributed by atoms with Crippen LogP contribution < -0.4 is 0 Å². The Morgan fingerprint density at radius 1 is 1.25 bits per heavy atom. The van der Waals surface area contributed by atoms with Gasteiger partial charge in [-0.15, -0.1) is 0 Å². The molecule has 12 heavy (non-hydrogen) atoms. The molecule has 1 aromatic carbocycles. The summed E-state index contributed by atoms with van der Waals surface area (Å²) in [6.07, 6.45) is 0. The van der Waals surface area contributed by atoms with Crippen molar-refractivity contribution in [2.24, 2.45) is 0 Å². The Bertz CT molecular complexity index is 331. The number of benzene rings is 1. The van der Waals surface area contributed by atoms with E-state index < -0.39 is 10.7 Å². The van der Waals surface area contributed by atoms with E-state index in [2.05, 4.69) is 6.58 Å². The molecule has 1 rings (SSSR count). The van der Waals surface area contributed by atoms with E-state index in [4.69, 9.17) is 0 Å². The van der Waals surface area contributed by atoms with E-state index in [1.54, 1.807) is 0 Å². The molecule has 0 saturated carbocycles. The van der Waals surface area contributed by atoms with Crippen molar-refractivity contribution in [2.45, 2.75) is 0 Å². The van der Waals surface area contributed by atoms with Crippen LogP contribution in [0.4, 0.5) is 0 Å². The second kappa shape index (κ2) is 4.07. The van der Waals surface area contributed by atoms with Crippen molar-refractivity contribution in [1.29, 1.82) is 0 Å². The van der Waals surface area contributed by atoms with E-state index in [0.717, 1.165) is 5.56 Å². The van der Waals surface area contributed by atoms with Crippen LogP contribution in [0.15, 0.2) is 36.9 Å². The van der Waals surface area contributed by atoms with Gasteiger partial charge in [-0.25, -0.2) is 8.42 Å². The summed E-state index contributed by atoms with van der Waals surface area (Å²) in [5.41, 5.74) is 1.53. The first-order chi connectivity index (χ1) is 5.70. The van der Waals surface area contributed by atoms with Gasteiger partial charge < -0.3 is 0 Å². The van der Waals surface area contributed by atoms with E-state index in [-0.39, 0.29) is 5.75 Å². The molecular formula is C9H10O2S. The summed E-state index contributed by atoms with van der Waals surface area (Å²) < 4.78 is 20.7. The van der Waals surface area contributed by atoms with E-state index in [9.17, 15) is 8.42 Å². The van der Waals surface area contributed by atoms with Crippen molar-refractivity contribution >= 4 is 16.3 Å². The molecule has 0 spiro atoms. The summed E-state index contributed by atoms with van der Waals surface area (Å²) in [6, 6.07) is 9.30. The van der Waals surface area contributed by atoms with Gasteiger partial charge in [0.2, 0.25) is 0 Å². The summed E-state index contributed by atoms with van der Waals surface area (Å²) >= 11 is 0. The average Bonchev–Trinajstić information content (AvgIpc) is 2.05. The van der Waals surface area contributed by atoms with Gasteiger partial charge in [-0.3, -0.25) is 0 Å². The van der Waals surface area contributed by atoms with Gasteiger partial charge in [0, 0.05) is 0 Å². The van der Waals surface area contributed by atoms with Gasteiger partial charge >= 0.3 is 0 Å². The molecule has 0 aliphatic carbocycles. The lowest BCUT2D eigenvalue weighted by atomic mass is 10.1. The highest BCUT2D eigenvalue weighted by atomic mass is 32.2. The summed E-state index contributed by atoms with van der Waals surface area (Å²) in [7, 11) is -2.36. The minimum absolute atomic E-state index is 0.0410. The molecule has 0 radical (unpaired) electrons. The van der Waals surface area contributed by atoms with Crippen LogP contribution >= 0.6 is 0 Å². The zero-order chi connectivity index (χ0) is 8.97. The molecule has 0 aromatic heterocycles. The lowest BCUT2D eigenvalue weighted by molar-refractivity contribution is 0.617. The molecule has 0 bridgehead atoms. The number of hydrogen-bond acceptors (Lipinski definition) is 2. The number of hydrogen-bond donors (Lipinski definition) is 1. The maximum absolute atomic E-state index is 10.4. The summed E-state index contributed by atoms with van der Waals surface area (Å²) in [4.78, 5) is 0. The molecule has 0 N–H and O–H groups in total. The Morgan fingerprint density at radius 3 is 2.33 bits per heavy atom. The van der Waals surface area contributed by atoms with Gasteiger partial charge in [0.1, 0.15) is 10.7 Å². The van der Waals surface area contributed by atoms with Crippen molar-refractivity contribution in [1.82, 2.24) is 0 Å². The quantitative estimate of drug-likeness (QED) is 0.715. The van der Waals surface area contributed by atoms with Gasteiger partial charge in [-0.05, 0) is 11.1 Å². The van der Waals surface area contributed by atoms with Crippen LogP contribution in [-0.2, 0) is 10.7 Å². The Kier molecular flexibility index (Phi) is 3.05. The van der Waals surface area contributed by atoms with Crippen molar-refractivity contribution in [3.05, 3.63) is 42.5 Å². The fourth-order valence-corrected chi connectivity index (χ4v) is 1.42. The lowest BCUT2D eigenvalue weighted by Gasteiger charge is -1.99. The van der Waals surface area contributed by atoms with Gasteiger partial charge in [-0.2, -0.15) is 0 Å². The van der Waals surface area contributed by atoms with Gasteiger partial charge in [0.25, 0.3) is 0 Å². The third kappa shape index (κ3) is 2.51. The highest BCUT2D eigenvalue weighted by Crippen LogP contribution is 2.10. The molecule has 0 unspecified atom stereocenters. The highest BCUT2D eigenvalue weighted by Gasteiger charge is 1.97. The molecule has 0 aliphatic rings. The number of thiol groups is 1. The first-order valence-electron chi connectivity index (χ1n) is 3.55. The van der Waals surface area contributed by atoms with Crippen molar-refractivity contribution in [3.8, 4) is 0 Å². The van der Waals surface area contributed by atoms with Crippen molar-refractivity contribution < 1.29 is 8.42 Å². The Balaban J connectivity index is 2.79. The van der Waals surface area contributed by atoms with Crippen molar-refractivity contribution in [3.63, 3.8) is 0 Å². The number of rotatable bonds is 3. The SMILES string of the molecule is C=C(C[SH](=O)=O)c1ccccc1. The monoisotopic (exact) mass is 182 g/mol. The Morgan fingerprint density at radius 2 is 1.83 bits per heavy atom. The Labute approximate surface area is 73.5 Å². The van der Waals surface area contributed by atoms with Crippen LogP contribution in [-0.4, -0.2) is 14.2 Å². The highest BCUT2D eigenvalue weighted by molar-refractivity contribution is 7.72. The minimum Gasteiger partial charge on any atom is -0.232 e. The molecule has 0 heterocycles. The van der Waals surface area contributed by atoms with Gasteiger partial charge in [0.15, 0.2) is 0 Å². The first-order valence-corrected chi connectivity index (χ1v) is 4.91. The second-order valence-electron chi connectivity index (χ2n) is 2.46. The van der Waals surface area contributed by atoms with Crippen LogP contribution in [0.5, 0.6) is 0 Å². The van der Waals surface area contributed by atoms with E-state index in [1.165, 1.54) is 0 Å². The van der Waals surface area contributed by atoms with Gasteiger partial charge in [-0.1, -0.05) is 36.9 Å². The van der Waals surface area contributed by atoms with E-state index >= 15 is 0 Å². The standard InChI is InChI=1S/C9H10O2S/c1-8(7-12(10)11)9-5-3-2-4-6-9/h2-6,12H,1,7H2. The average molecular weight is 182 g/mol.